The number of aryl methyl sites for hydroxylation is 1. The molecule has 0 spiro atoms. The molecule has 1 saturated carbocycles. The Morgan fingerprint density at radius 3 is 2.85 bits per heavy atom. The molecule has 0 bridgehead atoms. The Labute approximate surface area is 152 Å². The maximum atomic E-state index is 12.7. The number of carbonyl (C=O) groups is 2. The topological polar surface area (TPSA) is 63.9 Å². The SMILES string of the molecule is Cc1cccc2nc(C(=O)OCC(=O)N(C3=CCCCC3)C3CC3)cn12. The summed E-state index contributed by atoms with van der Waals surface area (Å²) in [4.78, 5) is 31.1. The zero-order chi connectivity index (χ0) is 18.1. The summed E-state index contributed by atoms with van der Waals surface area (Å²) in [5.74, 6) is -0.691. The van der Waals surface area contributed by atoms with Crippen LogP contribution in [0.15, 0.2) is 36.2 Å². The Balaban J connectivity index is 1.43. The number of aromatic nitrogens is 2. The Bertz CT molecular complexity index is 880. The fourth-order valence-corrected chi connectivity index (χ4v) is 3.49. The fraction of sp³-hybridized carbons (Fsp3) is 0.450. The number of imidazole rings is 1. The van der Waals surface area contributed by atoms with Crippen LogP contribution in [0.5, 0.6) is 0 Å². The van der Waals surface area contributed by atoms with E-state index in [1.165, 1.54) is 6.42 Å². The first-order valence-corrected chi connectivity index (χ1v) is 9.26. The first-order valence-electron chi connectivity index (χ1n) is 9.26. The number of fused-ring (bicyclic) bond motifs is 1. The fourth-order valence-electron chi connectivity index (χ4n) is 3.49. The van der Waals surface area contributed by atoms with Crippen molar-refractivity contribution in [2.24, 2.45) is 0 Å². The van der Waals surface area contributed by atoms with Gasteiger partial charge in [-0.15, -0.1) is 0 Å². The van der Waals surface area contributed by atoms with Gasteiger partial charge in [0.1, 0.15) is 5.65 Å². The van der Waals surface area contributed by atoms with Crippen LogP contribution in [0.1, 0.15) is 54.7 Å². The van der Waals surface area contributed by atoms with Crippen LogP contribution in [0.25, 0.3) is 5.65 Å². The number of carbonyl (C=O) groups excluding carboxylic acids is 2. The lowest BCUT2D eigenvalue weighted by Crippen LogP contribution is -2.36. The van der Waals surface area contributed by atoms with Gasteiger partial charge in [-0.05, 0) is 57.6 Å². The van der Waals surface area contributed by atoms with E-state index in [0.717, 1.165) is 43.5 Å². The number of nitrogens with zero attached hydrogens (tertiary/aromatic N) is 3. The first kappa shape index (κ1) is 16.8. The summed E-state index contributed by atoms with van der Waals surface area (Å²) in [6.45, 7) is 1.71. The van der Waals surface area contributed by atoms with Crippen molar-refractivity contribution >= 4 is 17.5 Å². The Morgan fingerprint density at radius 1 is 1.31 bits per heavy atom. The number of amides is 1. The molecule has 1 amide bonds. The average Bonchev–Trinajstić information content (AvgIpc) is 3.37. The molecule has 6 heteroatoms. The van der Waals surface area contributed by atoms with Crippen molar-refractivity contribution in [1.82, 2.24) is 14.3 Å². The number of ether oxygens (including phenoxy) is 1. The van der Waals surface area contributed by atoms with Crippen LogP contribution in [0.4, 0.5) is 0 Å². The summed E-state index contributed by atoms with van der Waals surface area (Å²) >= 11 is 0. The van der Waals surface area contributed by atoms with Crippen LogP contribution in [0.2, 0.25) is 0 Å². The van der Waals surface area contributed by atoms with Crippen LogP contribution in [0.3, 0.4) is 0 Å². The number of hydrogen-bond acceptors (Lipinski definition) is 4. The van der Waals surface area contributed by atoms with Gasteiger partial charge in [0.05, 0.1) is 0 Å². The highest BCUT2D eigenvalue weighted by Gasteiger charge is 2.35. The van der Waals surface area contributed by atoms with Crippen LogP contribution in [-0.4, -0.2) is 38.8 Å². The molecule has 26 heavy (non-hydrogen) atoms. The molecule has 136 valence electrons. The van der Waals surface area contributed by atoms with Gasteiger partial charge in [-0.25, -0.2) is 9.78 Å². The van der Waals surface area contributed by atoms with Gasteiger partial charge in [-0.2, -0.15) is 0 Å². The van der Waals surface area contributed by atoms with E-state index in [1.54, 1.807) is 6.20 Å². The molecule has 2 heterocycles. The van der Waals surface area contributed by atoms with Crippen molar-refractivity contribution < 1.29 is 14.3 Å². The lowest BCUT2D eigenvalue weighted by atomic mass is 10.0. The van der Waals surface area contributed by atoms with Gasteiger partial charge in [-0.1, -0.05) is 12.1 Å². The first-order chi connectivity index (χ1) is 12.6. The molecule has 6 nitrogen and oxygen atoms in total. The van der Waals surface area contributed by atoms with E-state index in [0.29, 0.717) is 5.65 Å². The number of rotatable bonds is 5. The number of esters is 1. The summed E-state index contributed by atoms with van der Waals surface area (Å²) in [5.41, 5.74) is 3.00. The molecule has 0 aromatic carbocycles. The van der Waals surface area contributed by atoms with E-state index < -0.39 is 5.97 Å². The number of allylic oxidation sites excluding steroid dienone is 2. The predicted octanol–water partition coefficient (Wildman–Crippen LogP) is 3.25. The predicted molar refractivity (Wildman–Crippen MR) is 96.6 cm³/mol. The van der Waals surface area contributed by atoms with E-state index in [1.807, 2.05) is 34.4 Å². The van der Waals surface area contributed by atoms with Crippen molar-refractivity contribution in [3.8, 4) is 0 Å². The number of pyridine rings is 1. The summed E-state index contributed by atoms with van der Waals surface area (Å²) < 4.78 is 7.11. The van der Waals surface area contributed by atoms with Crippen molar-refractivity contribution in [2.75, 3.05) is 6.61 Å². The minimum Gasteiger partial charge on any atom is -0.451 e. The van der Waals surface area contributed by atoms with E-state index in [-0.39, 0.29) is 24.2 Å². The van der Waals surface area contributed by atoms with Gasteiger partial charge >= 0.3 is 5.97 Å². The normalized spacial score (nSPS) is 17.0. The van der Waals surface area contributed by atoms with E-state index >= 15 is 0 Å². The molecule has 0 unspecified atom stereocenters. The highest BCUT2D eigenvalue weighted by molar-refractivity contribution is 5.90. The Hall–Kier alpha value is -2.63. The van der Waals surface area contributed by atoms with Crippen molar-refractivity contribution in [1.29, 1.82) is 0 Å². The van der Waals surface area contributed by atoms with E-state index in [4.69, 9.17) is 4.74 Å². The lowest BCUT2D eigenvalue weighted by molar-refractivity contribution is -0.133. The summed E-state index contributed by atoms with van der Waals surface area (Å²) in [7, 11) is 0. The highest BCUT2D eigenvalue weighted by atomic mass is 16.5. The van der Waals surface area contributed by atoms with Crippen molar-refractivity contribution in [3.63, 3.8) is 0 Å². The molecule has 2 aromatic heterocycles. The standard InChI is InChI=1S/C20H23N3O3/c1-14-6-5-9-18-21-17(12-22(14)18)20(25)26-13-19(24)23(16-10-11-16)15-7-3-2-4-8-15/h5-7,9,12,16H,2-4,8,10-11,13H2,1H3. The second kappa shape index (κ2) is 6.94. The molecule has 0 N–H and O–H groups in total. The van der Waals surface area contributed by atoms with Crippen LogP contribution < -0.4 is 0 Å². The average molecular weight is 353 g/mol. The largest absolute Gasteiger partial charge is 0.451 e. The highest BCUT2D eigenvalue weighted by Crippen LogP contribution is 2.33. The zero-order valence-corrected chi connectivity index (χ0v) is 15.0. The van der Waals surface area contributed by atoms with Crippen LogP contribution in [-0.2, 0) is 9.53 Å². The minimum atomic E-state index is -0.560. The molecular weight excluding hydrogens is 330 g/mol. The zero-order valence-electron chi connectivity index (χ0n) is 15.0. The monoisotopic (exact) mass is 353 g/mol. The summed E-state index contributed by atoms with van der Waals surface area (Å²) in [5, 5.41) is 0. The summed E-state index contributed by atoms with van der Waals surface area (Å²) in [6, 6.07) is 5.95. The molecule has 0 atom stereocenters. The molecule has 0 aliphatic heterocycles. The molecule has 2 aliphatic carbocycles. The lowest BCUT2D eigenvalue weighted by Gasteiger charge is -2.27. The molecule has 2 aliphatic rings. The minimum absolute atomic E-state index is 0.131. The molecule has 1 fully saturated rings. The molecule has 0 radical (unpaired) electrons. The molecule has 0 saturated heterocycles. The van der Waals surface area contributed by atoms with Gasteiger partial charge in [0.25, 0.3) is 5.91 Å². The van der Waals surface area contributed by atoms with E-state index in [9.17, 15) is 9.59 Å². The second-order valence-corrected chi connectivity index (χ2v) is 7.03. The van der Waals surface area contributed by atoms with Crippen LogP contribution in [0, 0.1) is 6.92 Å². The van der Waals surface area contributed by atoms with Gasteiger partial charge in [-0.3, -0.25) is 4.79 Å². The summed E-state index contributed by atoms with van der Waals surface area (Å²) in [6.07, 6.45) is 10.1. The van der Waals surface area contributed by atoms with Gasteiger partial charge in [0.2, 0.25) is 0 Å². The molecular formula is C20H23N3O3. The van der Waals surface area contributed by atoms with Gasteiger partial charge in [0, 0.05) is 23.6 Å². The van der Waals surface area contributed by atoms with Crippen LogP contribution >= 0.6 is 0 Å². The van der Waals surface area contributed by atoms with Crippen molar-refractivity contribution in [2.45, 2.75) is 51.5 Å². The third kappa shape index (κ3) is 3.36. The van der Waals surface area contributed by atoms with Crippen molar-refractivity contribution in [3.05, 3.63) is 47.6 Å². The van der Waals surface area contributed by atoms with E-state index in [2.05, 4.69) is 11.1 Å². The third-order valence-electron chi connectivity index (χ3n) is 4.99. The smallest absolute Gasteiger partial charge is 0.359 e. The Morgan fingerprint density at radius 2 is 2.15 bits per heavy atom. The molecule has 2 aromatic rings. The van der Waals surface area contributed by atoms with Gasteiger partial charge in [0.15, 0.2) is 12.3 Å². The Kier molecular flexibility index (Phi) is 4.49. The quantitative estimate of drug-likeness (QED) is 0.774. The number of hydrogen-bond donors (Lipinski definition) is 0. The third-order valence-corrected chi connectivity index (χ3v) is 4.99. The maximum absolute atomic E-state index is 12.7. The second-order valence-electron chi connectivity index (χ2n) is 7.03. The molecule has 4 rings (SSSR count). The maximum Gasteiger partial charge on any atom is 0.359 e. The van der Waals surface area contributed by atoms with Gasteiger partial charge < -0.3 is 14.0 Å².